The Labute approximate surface area is 214 Å². The summed E-state index contributed by atoms with van der Waals surface area (Å²) < 4.78 is 35.7. The van der Waals surface area contributed by atoms with Gasteiger partial charge in [-0.15, -0.1) is 0 Å². The third kappa shape index (κ3) is 4.60. The third-order valence-electron chi connectivity index (χ3n) is 7.00. The summed E-state index contributed by atoms with van der Waals surface area (Å²) in [6, 6.07) is 12.5. The van der Waals surface area contributed by atoms with Gasteiger partial charge in [-0.1, -0.05) is 12.1 Å². The molecule has 3 heterocycles. The van der Waals surface area contributed by atoms with E-state index in [1.54, 1.807) is 11.9 Å². The van der Waals surface area contributed by atoms with Gasteiger partial charge in [0.2, 0.25) is 15.9 Å². The first-order valence-electron chi connectivity index (χ1n) is 12.0. The molecule has 0 spiro atoms. The van der Waals surface area contributed by atoms with Crippen LogP contribution in [0.3, 0.4) is 0 Å². The van der Waals surface area contributed by atoms with Gasteiger partial charge in [-0.2, -0.15) is 9.40 Å². The summed E-state index contributed by atoms with van der Waals surface area (Å²) in [5, 5.41) is 4.76. The van der Waals surface area contributed by atoms with Crippen LogP contribution in [0.15, 0.2) is 56.6 Å². The van der Waals surface area contributed by atoms with Gasteiger partial charge >= 0.3 is 5.76 Å². The molecule has 0 bridgehead atoms. The maximum atomic E-state index is 13.2. The Morgan fingerprint density at radius 2 is 1.86 bits per heavy atom. The van der Waals surface area contributed by atoms with Crippen LogP contribution in [0.5, 0.6) is 0 Å². The first kappa shape index (κ1) is 25.0. The number of carbonyl (C=O) groups is 1. The number of amides is 1. The van der Waals surface area contributed by atoms with Gasteiger partial charge < -0.3 is 9.32 Å². The second kappa shape index (κ2) is 9.31. The molecule has 194 valence electrons. The van der Waals surface area contributed by atoms with Gasteiger partial charge in [0.05, 0.1) is 34.9 Å². The molecule has 0 saturated carbocycles. The zero-order chi connectivity index (χ0) is 26.5. The predicted octanol–water partition coefficient (Wildman–Crippen LogP) is 2.66. The minimum absolute atomic E-state index is 0.0448. The quantitative estimate of drug-likeness (QED) is 0.398. The monoisotopic (exact) mass is 523 g/mol. The van der Waals surface area contributed by atoms with E-state index in [1.807, 2.05) is 16.8 Å². The number of rotatable bonds is 5. The molecule has 0 radical (unpaired) electrons. The van der Waals surface area contributed by atoms with Crippen LogP contribution >= 0.6 is 0 Å². The number of hydrogen-bond acceptors (Lipinski definition) is 6. The molecule has 5 rings (SSSR count). The summed E-state index contributed by atoms with van der Waals surface area (Å²) in [6.07, 6.45) is 0.715. The molecular formula is C26H29N5O5S. The van der Waals surface area contributed by atoms with Crippen molar-refractivity contribution < 1.29 is 17.6 Å². The molecule has 1 amide bonds. The number of likely N-dealkylation sites (N-methyl/N-ethyl adjacent to an activating group) is 1. The molecule has 0 aliphatic carbocycles. The zero-order valence-electron chi connectivity index (χ0n) is 21.3. The Kier molecular flexibility index (Phi) is 6.28. The molecule has 4 aromatic rings. The summed E-state index contributed by atoms with van der Waals surface area (Å²) in [5.41, 5.74) is 5.87. The van der Waals surface area contributed by atoms with Gasteiger partial charge in [0.15, 0.2) is 5.58 Å². The fourth-order valence-electron chi connectivity index (χ4n) is 4.55. The van der Waals surface area contributed by atoms with Gasteiger partial charge in [-0.05, 0) is 55.7 Å². The van der Waals surface area contributed by atoms with Crippen LogP contribution in [0.25, 0.3) is 22.4 Å². The van der Waals surface area contributed by atoms with Crippen LogP contribution in [0, 0.1) is 13.8 Å². The highest BCUT2D eigenvalue weighted by Gasteiger charge is 2.28. The van der Waals surface area contributed by atoms with E-state index < -0.39 is 15.8 Å². The molecule has 10 nitrogen and oxygen atoms in total. The number of fused-ring (bicyclic) bond motifs is 2. The molecule has 0 N–H and O–H groups in total. The lowest BCUT2D eigenvalue weighted by Gasteiger charge is -2.23. The van der Waals surface area contributed by atoms with Gasteiger partial charge in [0.25, 0.3) is 0 Å². The zero-order valence-corrected chi connectivity index (χ0v) is 22.1. The average Bonchev–Trinajstić information content (AvgIpc) is 3.32. The topological polar surface area (TPSA) is 111 Å². The number of aromatic nitrogens is 3. The fraction of sp³-hybridized carbons (Fsp3) is 0.346. The molecule has 0 unspecified atom stereocenters. The second-order valence-corrected chi connectivity index (χ2v) is 11.6. The lowest BCUT2D eigenvalue weighted by molar-refractivity contribution is -0.131. The summed E-state index contributed by atoms with van der Waals surface area (Å²) >= 11 is 0. The molecule has 1 aliphatic heterocycles. The van der Waals surface area contributed by atoms with Crippen molar-refractivity contribution in [1.82, 2.24) is 23.6 Å². The lowest BCUT2D eigenvalue weighted by Crippen LogP contribution is -2.41. The SMILES string of the molecule is Cc1ccc(-c2cc3n(n2)CCCN(C(=O)CN(C)S(=O)(=O)c2ccc4c(c2)oc(=O)n4C)C3)cc1C. The number of hydrogen-bond donors (Lipinski definition) is 0. The van der Waals surface area contributed by atoms with Crippen molar-refractivity contribution in [2.45, 2.75) is 38.3 Å². The van der Waals surface area contributed by atoms with Crippen LogP contribution < -0.4 is 5.76 Å². The average molecular weight is 524 g/mol. The standard InChI is InChI=1S/C26H29N5O5S/c1-17-6-7-19(12-18(17)2)22-13-20-15-30(10-5-11-31(20)27-22)25(32)16-28(3)37(34,35)21-8-9-23-24(14-21)36-26(33)29(23)4/h6-9,12-14H,5,10-11,15-16H2,1-4H3. The maximum absolute atomic E-state index is 13.2. The summed E-state index contributed by atoms with van der Waals surface area (Å²) in [6.45, 7) is 5.37. The molecule has 0 fully saturated rings. The van der Waals surface area contributed by atoms with E-state index in [-0.39, 0.29) is 22.9 Å². The smallest absolute Gasteiger partial charge is 0.408 e. The van der Waals surface area contributed by atoms with Crippen LogP contribution in [0.4, 0.5) is 0 Å². The van der Waals surface area contributed by atoms with Gasteiger partial charge in [-0.25, -0.2) is 13.2 Å². The number of nitrogens with zero attached hydrogens (tertiary/aromatic N) is 5. The number of sulfonamides is 1. The van der Waals surface area contributed by atoms with Crippen LogP contribution in [0.1, 0.15) is 23.2 Å². The highest BCUT2D eigenvalue weighted by Crippen LogP contribution is 2.25. The van der Waals surface area contributed by atoms with Gasteiger partial charge in [0.1, 0.15) is 0 Å². The molecule has 0 saturated heterocycles. The van der Waals surface area contributed by atoms with E-state index in [9.17, 15) is 18.0 Å². The first-order valence-corrected chi connectivity index (χ1v) is 13.5. The number of benzene rings is 2. The van der Waals surface area contributed by atoms with E-state index >= 15 is 0 Å². The van der Waals surface area contributed by atoms with Crippen molar-refractivity contribution in [2.75, 3.05) is 20.1 Å². The van der Waals surface area contributed by atoms with E-state index in [1.165, 1.54) is 40.9 Å². The van der Waals surface area contributed by atoms with E-state index in [0.29, 0.717) is 31.6 Å². The van der Waals surface area contributed by atoms with Gasteiger partial charge in [-0.3, -0.25) is 14.0 Å². The van der Waals surface area contributed by atoms with Gasteiger partial charge in [0, 0.05) is 38.8 Å². The molecule has 2 aromatic carbocycles. The van der Waals surface area contributed by atoms with Crippen molar-refractivity contribution in [3.05, 3.63) is 69.8 Å². The molecular weight excluding hydrogens is 494 g/mol. The molecule has 37 heavy (non-hydrogen) atoms. The molecule has 0 atom stereocenters. The van der Waals surface area contributed by atoms with Crippen molar-refractivity contribution in [2.24, 2.45) is 7.05 Å². The van der Waals surface area contributed by atoms with Crippen LogP contribution in [-0.4, -0.2) is 58.0 Å². The predicted molar refractivity (Wildman–Crippen MR) is 138 cm³/mol. The van der Waals surface area contributed by atoms with E-state index in [0.717, 1.165) is 21.3 Å². The molecule has 11 heteroatoms. The minimum Gasteiger partial charge on any atom is -0.408 e. The number of aryl methyl sites for hydroxylation is 4. The van der Waals surface area contributed by atoms with E-state index in [2.05, 4.69) is 26.0 Å². The third-order valence-corrected chi connectivity index (χ3v) is 8.80. The Bertz CT molecular complexity index is 1680. The normalized spacial score (nSPS) is 14.2. The number of oxazole rings is 1. The van der Waals surface area contributed by atoms with Crippen molar-refractivity contribution >= 4 is 27.0 Å². The Morgan fingerprint density at radius 1 is 1.08 bits per heavy atom. The molecule has 1 aliphatic rings. The largest absolute Gasteiger partial charge is 0.419 e. The summed E-state index contributed by atoms with van der Waals surface area (Å²) in [5.74, 6) is -0.866. The van der Waals surface area contributed by atoms with Crippen molar-refractivity contribution in [1.29, 1.82) is 0 Å². The van der Waals surface area contributed by atoms with Crippen LogP contribution in [-0.2, 0) is 35.0 Å². The fourth-order valence-corrected chi connectivity index (χ4v) is 5.68. The summed E-state index contributed by atoms with van der Waals surface area (Å²) in [7, 11) is -1.06. The minimum atomic E-state index is -3.98. The second-order valence-electron chi connectivity index (χ2n) is 9.53. The number of carbonyl (C=O) groups excluding carboxylic acids is 1. The Balaban J connectivity index is 1.33. The first-order chi connectivity index (χ1) is 17.5. The highest BCUT2D eigenvalue weighted by molar-refractivity contribution is 7.89. The highest BCUT2D eigenvalue weighted by atomic mass is 32.2. The lowest BCUT2D eigenvalue weighted by atomic mass is 10.0. The van der Waals surface area contributed by atoms with Crippen LogP contribution in [0.2, 0.25) is 0 Å². The van der Waals surface area contributed by atoms with Crippen molar-refractivity contribution in [3.8, 4) is 11.3 Å². The Hall–Kier alpha value is -3.70. The summed E-state index contributed by atoms with van der Waals surface area (Å²) in [4.78, 5) is 26.6. The molecule has 2 aromatic heterocycles. The van der Waals surface area contributed by atoms with E-state index in [4.69, 9.17) is 9.52 Å². The Morgan fingerprint density at radius 3 is 2.62 bits per heavy atom. The van der Waals surface area contributed by atoms with Crippen molar-refractivity contribution in [3.63, 3.8) is 0 Å². The maximum Gasteiger partial charge on any atom is 0.419 e.